The molecule has 0 fully saturated rings. The van der Waals surface area contributed by atoms with E-state index >= 15 is 0 Å². The van der Waals surface area contributed by atoms with E-state index in [4.69, 9.17) is 11.6 Å². The second-order valence-corrected chi connectivity index (χ2v) is 9.05. The third-order valence-corrected chi connectivity index (χ3v) is 5.94. The standard InChI is InChI=1S/C20H19ClFN3O3S/c1-12(14-4-10-17(11-5-14)29(3,27)28)23-20(26)18-13(2)24-25(19(18)21)16-8-6-15(22)7-9-16/h4-12H,1-3H3,(H,23,26). The van der Waals surface area contributed by atoms with E-state index < -0.39 is 15.7 Å². The van der Waals surface area contributed by atoms with Crippen LogP contribution < -0.4 is 5.32 Å². The van der Waals surface area contributed by atoms with Gasteiger partial charge in [-0.1, -0.05) is 23.7 Å². The van der Waals surface area contributed by atoms with Crippen molar-refractivity contribution in [3.63, 3.8) is 0 Å². The van der Waals surface area contributed by atoms with Gasteiger partial charge in [0.2, 0.25) is 0 Å². The summed E-state index contributed by atoms with van der Waals surface area (Å²) in [5.74, 6) is -0.803. The molecule has 0 bridgehead atoms. The Morgan fingerprint density at radius 1 is 1.14 bits per heavy atom. The molecule has 0 aliphatic heterocycles. The van der Waals surface area contributed by atoms with Gasteiger partial charge in [-0.25, -0.2) is 17.5 Å². The number of rotatable bonds is 5. The fourth-order valence-corrected chi connectivity index (χ4v) is 3.85. The van der Waals surface area contributed by atoms with Crippen LogP contribution in [0.3, 0.4) is 0 Å². The van der Waals surface area contributed by atoms with Crippen molar-refractivity contribution in [1.82, 2.24) is 15.1 Å². The van der Waals surface area contributed by atoms with Crippen molar-refractivity contribution in [2.24, 2.45) is 0 Å². The van der Waals surface area contributed by atoms with E-state index in [0.29, 0.717) is 11.4 Å². The minimum absolute atomic E-state index is 0.117. The number of aromatic nitrogens is 2. The first-order valence-electron chi connectivity index (χ1n) is 8.70. The van der Waals surface area contributed by atoms with Crippen LogP contribution in [0.5, 0.6) is 0 Å². The number of hydrogen-bond donors (Lipinski definition) is 1. The number of halogens is 2. The van der Waals surface area contributed by atoms with Gasteiger partial charge >= 0.3 is 0 Å². The lowest BCUT2D eigenvalue weighted by Crippen LogP contribution is -2.27. The van der Waals surface area contributed by atoms with Crippen molar-refractivity contribution in [1.29, 1.82) is 0 Å². The van der Waals surface area contributed by atoms with Crippen LogP contribution in [-0.2, 0) is 9.84 Å². The molecule has 1 atom stereocenters. The summed E-state index contributed by atoms with van der Waals surface area (Å²) < 4.78 is 37.7. The van der Waals surface area contributed by atoms with Crippen molar-refractivity contribution in [3.05, 3.63) is 76.3 Å². The van der Waals surface area contributed by atoms with E-state index in [1.54, 1.807) is 26.0 Å². The third kappa shape index (κ3) is 4.49. The first kappa shape index (κ1) is 21.0. The predicted molar refractivity (Wildman–Crippen MR) is 109 cm³/mol. The molecule has 3 aromatic rings. The monoisotopic (exact) mass is 435 g/mol. The van der Waals surface area contributed by atoms with Crippen molar-refractivity contribution in [3.8, 4) is 5.69 Å². The van der Waals surface area contributed by atoms with Gasteiger partial charge < -0.3 is 5.32 Å². The second kappa shape index (κ2) is 7.96. The van der Waals surface area contributed by atoms with Crippen LogP contribution in [0, 0.1) is 12.7 Å². The minimum atomic E-state index is -3.29. The number of amides is 1. The molecule has 0 aliphatic rings. The number of sulfone groups is 1. The topological polar surface area (TPSA) is 81.1 Å². The zero-order valence-corrected chi connectivity index (χ0v) is 17.6. The Kier molecular flexibility index (Phi) is 5.77. The summed E-state index contributed by atoms with van der Waals surface area (Å²) >= 11 is 6.38. The van der Waals surface area contributed by atoms with E-state index in [2.05, 4.69) is 10.4 Å². The Labute approximate surface area is 173 Å². The molecule has 152 valence electrons. The Hall–Kier alpha value is -2.71. The van der Waals surface area contributed by atoms with E-state index in [9.17, 15) is 17.6 Å². The van der Waals surface area contributed by atoms with Crippen LogP contribution >= 0.6 is 11.6 Å². The average molecular weight is 436 g/mol. The Bertz CT molecular complexity index is 1160. The molecule has 0 radical (unpaired) electrons. The van der Waals surface area contributed by atoms with Gasteiger partial charge in [0.15, 0.2) is 9.84 Å². The summed E-state index contributed by atoms with van der Waals surface area (Å²) in [7, 11) is -3.29. The molecular weight excluding hydrogens is 417 g/mol. The van der Waals surface area contributed by atoms with Crippen molar-refractivity contribution >= 4 is 27.3 Å². The molecule has 29 heavy (non-hydrogen) atoms. The lowest BCUT2D eigenvalue weighted by Gasteiger charge is -2.15. The highest BCUT2D eigenvalue weighted by atomic mass is 35.5. The van der Waals surface area contributed by atoms with Gasteiger partial charge in [-0.15, -0.1) is 0 Å². The van der Waals surface area contributed by atoms with Crippen molar-refractivity contribution in [2.45, 2.75) is 24.8 Å². The second-order valence-electron chi connectivity index (χ2n) is 6.68. The van der Waals surface area contributed by atoms with Gasteiger partial charge in [-0.2, -0.15) is 5.10 Å². The fourth-order valence-electron chi connectivity index (χ4n) is 2.87. The number of benzene rings is 2. The molecule has 0 saturated carbocycles. The first-order chi connectivity index (χ1) is 13.6. The molecular formula is C20H19ClFN3O3S. The van der Waals surface area contributed by atoms with E-state index in [1.807, 2.05) is 0 Å². The van der Waals surface area contributed by atoms with Gasteiger partial charge in [0.25, 0.3) is 5.91 Å². The van der Waals surface area contributed by atoms with Crippen LogP contribution in [0.4, 0.5) is 4.39 Å². The maximum Gasteiger partial charge on any atom is 0.256 e. The largest absolute Gasteiger partial charge is 0.345 e. The fraction of sp³-hybridized carbons (Fsp3) is 0.200. The average Bonchev–Trinajstić information content (AvgIpc) is 2.96. The Morgan fingerprint density at radius 2 is 1.72 bits per heavy atom. The highest BCUT2D eigenvalue weighted by molar-refractivity contribution is 7.90. The quantitative estimate of drug-likeness (QED) is 0.659. The van der Waals surface area contributed by atoms with Crippen LogP contribution in [0.25, 0.3) is 5.69 Å². The molecule has 2 aromatic carbocycles. The molecule has 1 aromatic heterocycles. The van der Waals surface area contributed by atoms with E-state index in [-0.39, 0.29) is 27.5 Å². The van der Waals surface area contributed by atoms with Crippen LogP contribution in [0.15, 0.2) is 53.4 Å². The van der Waals surface area contributed by atoms with Gasteiger partial charge in [0, 0.05) is 6.26 Å². The zero-order valence-electron chi connectivity index (χ0n) is 16.0. The van der Waals surface area contributed by atoms with Crippen molar-refractivity contribution in [2.75, 3.05) is 6.26 Å². The molecule has 0 spiro atoms. The number of nitrogens with one attached hydrogen (secondary N) is 1. The Balaban J connectivity index is 1.83. The molecule has 1 N–H and O–H groups in total. The van der Waals surface area contributed by atoms with Crippen LogP contribution in [0.1, 0.15) is 34.6 Å². The lowest BCUT2D eigenvalue weighted by molar-refractivity contribution is 0.0939. The smallest absolute Gasteiger partial charge is 0.256 e. The van der Waals surface area contributed by atoms with Crippen LogP contribution in [-0.4, -0.2) is 30.4 Å². The minimum Gasteiger partial charge on any atom is -0.345 e. The first-order valence-corrected chi connectivity index (χ1v) is 11.0. The molecule has 0 aliphatic carbocycles. The third-order valence-electron chi connectivity index (χ3n) is 4.46. The van der Waals surface area contributed by atoms with E-state index in [1.165, 1.54) is 41.1 Å². The lowest BCUT2D eigenvalue weighted by atomic mass is 10.1. The molecule has 1 amide bonds. The van der Waals surface area contributed by atoms with Crippen molar-refractivity contribution < 1.29 is 17.6 Å². The molecule has 3 rings (SSSR count). The summed E-state index contributed by atoms with van der Waals surface area (Å²) in [6.07, 6.45) is 1.14. The summed E-state index contributed by atoms with van der Waals surface area (Å²) in [6.45, 7) is 3.44. The van der Waals surface area contributed by atoms with Gasteiger partial charge in [0.05, 0.1) is 27.9 Å². The summed E-state index contributed by atoms with van der Waals surface area (Å²) in [5, 5.41) is 7.24. The summed E-state index contributed by atoms with van der Waals surface area (Å²) in [4.78, 5) is 13.0. The summed E-state index contributed by atoms with van der Waals surface area (Å²) in [5.41, 5.74) is 1.92. The van der Waals surface area contributed by atoms with Gasteiger partial charge in [-0.05, 0) is 55.8 Å². The predicted octanol–water partition coefficient (Wildman–Crippen LogP) is 3.87. The molecule has 1 heterocycles. The maximum absolute atomic E-state index is 13.2. The number of carbonyl (C=O) groups excluding carboxylic acids is 1. The number of hydrogen-bond acceptors (Lipinski definition) is 4. The molecule has 6 nitrogen and oxygen atoms in total. The highest BCUT2D eigenvalue weighted by Crippen LogP contribution is 2.25. The molecule has 9 heteroatoms. The normalized spacial score (nSPS) is 12.6. The number of carbonyl (C=O) groups is 1. The SMILES string of the molecule is Cc1nn(-c2ccc(F)cc2)c(Cl)c1C(=O)NC(C)c1ccc(S(C)(=O)=O)cc1. The Morgan fingerprint density at radius 3 is 2.28 bits per heavy atom. The maximum atomic E-state index is 13.2. The molecule has 0 saturated heterocycles. The van der Waals surface area contributed by atoms with Crippen LogP contribution in [0.2, 0.25) is 5.15 Å². The summed E-state index contributed by atoms with van der Waals surface area (Å²) in [6, 6.07) is 11.5. The van der Waals surface area contributed by atoms with E-state index in [0.717, 1.165) is 11.8 Å². The number of nitrogens with zero attached hydrogens (tertiary/aromatic N) is 2. The van der Waals surface area contributed by atoms with Gasteiger partial charge in [0.1, 0.15) is 11.0 Å². The number of aryl methyl sites for hydroxylation is 1. The zero-order chi connectivity index (χ0) is 21.3. The van der Waals surface area contributed by atoms with Gasteiger partial charge in [-0.3, -0.25) is 4.79 Å². The molecule has 1 unspecified atom stereocenters. The highest BCUT2D eigenvalue weighted by Gasteiger charge is 2.23.